The SMILES string of the molecule is Cc1ccccc1C(=O)Nc1cccc(OCc2cc(=O)n3nc(C4CC4)sc3n2)c1. The Morgan fingerprint density at radius 2 is 2.03 bits per heavy atom. The van der Waals surface area contributed by atoms with Crippen molar-refractivity contribution in [1.82, 2.24) is 14.6 Å². The van der Waals surface area contributed by atoms with E-state index in [1.165, 1.54) is 21.9 Å². The number of aromatic nitrogens is 3. The molecule has 2 aromatic carbocycles. The molecule has 156 valence electrons. The highest BCUT2D eigenvalue weighted by Crippen LogP contribution is 2.41. The number of fused-ring (bicyclic) bond motifs is 1. The van der Waals surface area contributed by atoms with E-state index in [0.29, 0.717) is 33.6 Å². The van der Waals surface area contributed by atoms with Gasteiger partial charge in [0.2, 0.25) is 4.96 Å². The van der Waals surface area contributed by atoms with Gasteiger partial charge in [0, 0.05) is 29.3 Å². The number of amides is 1. The molecule has 0 bridgehead atoms. The Labute approximate surface area is 182 Å². The minimum atomic E-state index is -0.203. The number of anilines is 1. The van der Waals surface area contributed by atoms with Crippen LogP contribution in [0.3, 0.4) is 0 Å². The number of nitrogens with zero attached hydrogens (tertiary/aromatic N) is 3. The van der Waals surface area contributed by atoms with Crippen LogP contribution in [0, 0.1) is 6.92 Å². The summed E-state index contributed by atoms with van der Waals surface area (Å²) in [5.41, 5.74) is 2.51. The second kappa shape index (κ2) is 7.96. The van der Waals surface area contributed by atoms with Crippen molar-refractivity contribution in [3.8, 4) is 5.75 Å². The Bertz CT molecular complexity index is 1340. The van der Waals surface area contributed by atoms with Crippen LogP contribution in [-0.4, -0.2) is 20.5 Å². The van der Waals surface area contributed by atoms with Gasteiger partial charge in [-0.3, -0.25) is 9.59 Å². The maximum absolute atomic E-state index is 12.5. The van der Waals surface area contributed by atoms with E-state index in [1.54, 1.807) is 30.3 Å². The maximum atomic E-state index is 12.5. The van der Waals surface area contributed by atoms with E-state index >= 15 is 0 Å². The van der Waals surface area contributed by atoms with E-state index in [-0.39, 0.29) is 18.1 Å². The van der Waals surface area contributed by atoms with Crippen LogP contribution < -0.4 is 15.6 Å². The third-order valence-electron chi connectivity index (χ3n) is 5.11. The largest absolute Gasteiger partial charge is 0.487 e. The van der Waals surface area contributed by atoms with Crippen molar-refractivity contribution in [2.24, 2.45) is 0 Å². The van der Waals surface area contributed by atoms with Crippen LogP contribution in [0.5, 0.6) is 5.75 Å². The number of rotatable bonds is 6. The van der Waals surface area contributed by atoms with Gasteiger partial charge in [-0.15, -0.1) is 0 Å². The average Bonchev–Trinajstić information content (AvgIpc) is 3.52. The van der Waals surface area contributed by atoms with Crippen molar-refractivity contribution in [2.45, 2.75) is 32.3 Å². The summed E-state index contributed by atoms with van der Waals surface area (Å²) >= 11 is 1.46. The lowest BCUT2D eigenvalue weighted by Gasteiger charge is -2.10. The molecule has 0 spiro atoms. The van der Waals surface area contributed by atoms with Gasteiger partial charge in [-0.2, -0.15) is 9.61 Å². The third kappa shape index (κ3) is 4.20. The van der Waals surface area contributed by atoms with Crippen molar-refractivity contribution in [1.29, 1.82) is 0 Å². The lowest BCUT2D eigenvalue weighted by molar-refractivity contribution is 0.102. The lowest BCUT2D eigenvalue weighted by Crippen LogP contribution is -2.16. The molecule has 0 atom stereocenters. The summed E-state index contributed by atoms with van der Waals surface area (Å²) in [5, 5.41) is 8.25. The van der Waals surface area contributed by atoms with Crippen LogP contribution in [-0.2, 0) is 6.61 Å². The quantitative estimate of drug-likeness (QED) is 0.494. The molecule has 0 aliphatic heterocycles. The van der Waals surface area contributed by atoms with Gasteiger partial charge in [0.05, 0.1) is 5.69 Å². The Balaban J connectivity index is 1.29. The highest BCUT2D eigenvalue weighted by Gasteiger charge is 2.28. The molecule has 1 aliphatic rings. The second-order valence-electron chi connectivity index (χ2n) is 7.58. The minimum Gasteiger partial charge on any atom is -0.487 e. The molecule has 5 rings (SSSR count). The minimum absolute atomic E-state index is 0.150. The Morgan fingerprint density at radius 3 is 2.84 bits per heavy atom. The van der Waals surface area contributed by atoms with Gasteiger partial charge in [0.1, 0.15) is 17.4 Å². The van der Waals surface area contributed by atoms with Crippen molar-refractivity contribution in [2.75, 3.05) is 5.32 Å². The van der Waals surface area contributed by atoms with Gasteiger partial charge in [0.25, 0.3) is 11.5 Å². The maximum Gasteiger partial charge on any atom is 0.275 e. The van der Waals surface area contributed by atoms with Crippen LogP contribution >= 0.6 is 11.3 Å². The molecule has 1 fully saturated rings. The molecule has 0 saturated heterocycles. The fourth-order valence-electron chi connectivity index (χ4n) is 3.29. The van der Waals surface area contributed by atoms with Gasteiger partial charge in [-0.25, -0.2) is 4.98 Å². The third-order valence-corrected chi connectivity index (χ3v) is 6.18. The molecular weight excluding hydrogens is 412 g/mol. The number of hydrogen-bond acceptors (Lipinski definition) is 6. The number of carbonyl (C=O) groups is 1. The highest BCUT2D eigenvalue weighted by molar-refractivity contribution is 7.16. The molecule has 8 heteroatoms. The summed E-state index contributed by atoms with van der Waals surface area (Å²) in [6.45, 7) is 2.05. The smallest absolute Gasteiger partial charge is 0.275 e. The van der Waals surface area contributed by atoms with Crippen LogP contribution in [0.4, 0.5) is 5.69 Å². The number of nitrogens with one attached hydrogen (secondary N) is 1. The molecule has 1 N–H and O–H groups in total. The fraction of sp³-hybridized carbons (Fsp3) is 0.217. The molecule has 1 amide bonds. The number of hydrogen-bond donors (Lipinski definition) is 1. The second-order valence-corrected chi connectivity index (χ2v) is 8.57. The van der Waals surface area contributed by atoms with Crippen LogP contribution in [0.1, 0.15) is 45.4 Å². The monoisotopic (exact) mass is 432 g/mol. The molecule has 0 unspecified atom stereocenters. The zero-order chi connectivity index (χ0) is 21.4. The standard InChI is InChI=1S/C23H20N4O3S/c1-14-5-2-3-8-19(14)21(29)24-16-6-4-7-18(11-16)30-13-17-12-20(28)27-23(25-17)31-22(26-27)15-9-10-15/h2-8,11-12,15H,9-10,13H2,1H3,(H,24,29). The molecule has 2 heterocycles. The molecule has 7 nitrogen and oxygen atoms in total. The predicted molar refractivity (Wildman–Crippen MR) is 119 cm³/mol. The summed E-state index contributed by atoms with van der Waals surface area (Å²) in [4.78, 5) is 30.0. The molecule has 1 saturated carbocycles. The zero-order valence-corrected chi connectivity index (χ0v) is 17.7. The fourth-order valence-corrected chi connectivity index (χ4v) is 4.38. The first-order valence-electron chi connectivity index (χ1n) is 10.1. The van der Waals surface area contributed by atoms with Crippen molar-refractivity contribution >= 4 is 27.9 Å². The molecule has 0 radical (unpaired) electrons. The van der Waals surface area contributed by atoms with Crippen molar-refractivity contribution < 1.29 is 9.53 Å². The van der Waals surface area contributed by atoms with E-state index in [4.69, 9.17) is 4.74 Å². The predicted octanol–water partition coefficient (Wildman–Crippen LogP) is 4.17. The van der Waals surface area contributed by atoms with E-state index in [0.717, 1.165) is 23.4 Å². The topological polar surface area (TPSA) is 85.6 Å². The lowest BCUT2D eigenvalue weighted by atomic mass is 10.1. The van der Waals surface area contributed by atoms with Crippen LogP contribution in [0.25, 0.3) is 4.96 Å². The van der Waals surface area contributed by atoms with E-state index in [1.807, 2.05) is 25.1 Å². The molecular formula is C23H20N4O3S. The Kier molecular flexibility index (Phi) is 4.99. The summed E-state index contributed by atoms with van der Waals surface area (Å²) in [5.74, 6) is 0.878. The van der Waals surface area contributed by atoms with Gasteiger partial charge in [-0.1, -0.05) is 35.6 Å². The van der Waals surface area contributed by atoms with Gasteiger partial charge in [0.15, 0.2) is 0 Å². The van der Waals surface area contributed by atoms with Gasteiger partial charge in [-0.05, 0) is 43.5 Å². The first-order chi connectivity index (χ1) is 15.1. The molecule has 1 aliphatic carbocycles. The first kappa shape index (κ1) is 19.4. The van der Waals surface area contributed by atoms with E-state index in [9.17, 15) is 9.59 Å². The van der Waals surface area contributed by atoms with Gasteiger partial charge >= 0.3 is 0 Å². The Morgan fingerprint density at radius 1 is 1.19 bits per heavy atom. The number of aryl methyl sites for hydroxylation is 1. The summed E-state index contributed by atoms with van der Waals surface area (Å²) in [7, 11) is 0. The number of benzene rings is 2. The van der Waals surface area contributed by atoms with Gasteiger partial charge < -0.3 is 10.1 Å². The average molecular weight is 433 g/mol. The normalized spacial score (nSPS) is 13.3. The van der Waals surface area contributed by atoms with Crippen LogP contribution in [0.2, 0.25) is 0 Å². The molecule has 4 aromatic rings. The summed E-state index contributed by atoms with van der Waals surface area (Å²) in [6.07, 6.45) is 2.25. The number of carbonyl (C=O) groups excluding carboxylic acids is 1. The highest BCUT2D eigenvalue weighted by atomic mass is 32.1. The zero-order valence-electron chi connectivity index (χ0n) is 16.9. The van der Waals surface area contributed by atoms with Crippen molar-refractivity contribution in [3.05, 3.63) is 86.8 Å². The molecule has 2 aromatic heterocycles. The Hall–Kier alpha value is -3.52. The first-order valence-corrected chi connectivity index (χ1v) is 10.9. The van der Waals surface area contributed by atoms with E-state index in [2.05, 4.69) is 15.4 Å². The van der Waals surface area contributed by atoms with Crippen LogP contribution in [0.15, 0.2) is 59.4 Å². The van der Waals surface area contributed by atoms with E-state index < -0.39 is 0 Å². The molecule has 31 heavy (non-hydrogen) atoms. The number of ether oxygens (including phenoxy) is 1. The summed E-state index contributed by atoms with van der Waals surface area (Å²) in [6, 6.07) is 16.0. The summed E-state index contributed by atoms with van der Waals surface area (Å²) < 4.78 is 7.20. The van der Waals surface area contributed by atoms with Crippen molar-refractivity contribution in [3.63, 3.8) is 0 Å².